The summed E-state index contributed by atoms with van der Waals surface area (Å²) in [4.78, 5) is 107. The van der Waals surface area contributed by atoms with Crippen molar-refractivity contribution in [3.05, 3.63) is 12.2 Å². The molecule has 1 heterocycles. The van der Waals surface area contributed by atoms with Crippen LogP contribution in [0.5, 0.6) is 0 Å². The zero-order chi connectivity index (χ0) is 41.8. The summed E-state index contributed by atoms with van der Waals surface area (Å²) < 4.78 is 9.96. The lowest BCUT2D eigenvalue weighted by molar-refractivity contribution is -0.145. The van der Waals surface area contributed by atoms with Crippen LogP contribution in [-0.4, -0.2) is 102 Å². The Labute approximate surface area is 330 Å². The first-order valence-corrected chi connectivity index (χ1v) is 20.0. The van der Waals surface area contributed by atoms with Gasteiger partial charge in [0, 0.05) is 12.5 Å². The number of hydrogen-bond donors (Lipinski definition) is 5. The van der Waals surface area contributed by atoms with Crippen molar-refractivity contribution in [2.45, 2.75) is 161 Å². The van der Waals surface area contributed by atoms with Crippen LogP contribution in [-0.2, 0) is 43.0 Å². The van der Waals surface area contributed by atoms with Crippen molar-refractivity contribution in [2.75, 3.05) is 13.7 Å². The summed E-state index contributed by atoms with van der Waals surface area (Å²) in [5.41, 5.74) is 3.97. The number of primary amides is 1. The molecule has 0 spiro atoms. The number of ketones is 1. The van der Waals surface area contributed by atoms with E-state index in [9.17, 15) is 38.4 Å². The average Bonchev–Trinajstić information content (AvgIpc) is 3.53. The van der Waals surface area contributed by atoms with E-state index in [1.165, 1.54) is 19.3 Å². The number of methoxy groups -OCH3 is 1. The zero-order valence-corrected chi connectivity index (χ0v) is 34.2. The van der Waals surface area contributed by atoms with Gasteiger partial charge in [0.05, 0.1) is 13.7 Å². The molecule has 0 aromatic heterocycles. The molecule has 1 saturated heterocycles. The zero-order valence-electron chi connectivity index (χ0n) is 34.2. The minimum Gasteiger partial charge on any atom is -0.466 e. The van der Waals surface area contributed by atoms with Gasteiger partial charge in [0.15, 0.2) is 5.78 Å². The van der Waals surface area contributed by atoms with Gasteiger partial charge in [-0.15, -0.1) is 0 Å². The van der Waals surface area contributed by atoms with E-state index in [1.807, 2.05) is 0 Å². The Kier molecular flexibility index (Phi) is 16.9. The number of nitrogens with zero attached hydrogens (tertiary/aromatic N) is 1. The number of alkyl carbamates (subject to hydrolysis) is 1. The highest BCUT2D eigenvalue weighted by Crippen LogP contribution is 2.30. The first kappa shape index (κ1) is 45.9. The maximum Gasteiger partial charge on any atom is 0.408 e. The summed E-state index contributed by atoms with van der Waals surface area (Å²) in [6.45, 7) is 9.74. The fourth-order valence-electron chi connectivity index (χ4n) is 7.69. The smallest absolute Gasteiger partial charge is 0.408 e. The molecule has 0 aromatic carbocycles. The average molecular weight is 789 g/mol. The Morgan fingerprint density at radius 3 is 1.89 bits per heavy atom. The van der Waals surface area contributed by atoms with Crippen LogP contribution in [0.2, 0.25) is 0 Å². The summed E-state index contributed by atoms with van der Waals surface area (Å²) >= 11 is 0. The predicted octanol–water partition coefficient (Wildman–Crippen LogP) is 2.71. The van der Waals surface area contributed by atoms with E-state index in [-0.39, 0.29) is 43.4 Å². The fourth-order valence-corrected chi connectivity index (χ4v) is 7.69. The Bertz CT molecular complexity index is 1470. The van der Waals surface area contributed by atoms with Crippen molar-refractivity contribution < 1.29 is 47.8 Å². The number of carbonyl (C=O) groups is 8. The fraction of sp³-hybridized carbons (Fsp3) is 0.750. The summed E-state index contributed by atoms with van der Waals surface area (Å²) in [6, 6.07) is -5.62. The summed E-state index contributed by atoms with van der Waals surface area (Å²) in [6.07, 6.45) is 10.2. The van der Waals surface area contributed by atoms with E-state index in [2.05, 4.69) is 26.0 Å². The van der Waals surface area contributed by atoms with Crippen LogP contribution in [0.3, 0.4) is 0 Å². The number of nitrogens with one attached hydrogen (secondary N) is 4. The second kappa shape index (κ2) is 20.6. The third-order valence-corrected chi connectivity index (χ3v) is 10.6. The quantitative estimate of drug-likeness (QED) is 0.120. The Balaban J connectivity index is 1.84. The molecular weight excluding hydrogens is 724 g/mol. The van der Waals surface area contributed by atoms with Crippen LogP contribution in [0.25, 0.3) is 0 Å². The van der Waals surface area contributed by atoms with Gasteiger partial charge in [0.2, 0.25) is 29.5 Å². The van der Waals surface area contributed by atoms with E-state index in [4.69, 9.17) is 10.5 Å². The number of rotatable bonds is 15. The van der Waals surface area contributed by atoms with Crippen molar-refractivity contribution in [1.82, 2.24) is 26.2 Å². The van der Waals surface area contributed by atoms with Crippen LogP contribution >= 0.6 is 0 Å². The molecule has 0 radical (unpaired) electrons. The molecule has 3 fully saturated rings. The van der Waals surface area contributed by atoms with Gasteiger partial charge in [-0.2, -0.15) is 0 Å². The van der Waals surface area contributed by atoms with Crippen molar-refractivity contribution in [3.63, 3.8) is 0 Å². The van der Waals surface area contributed by atoms with Gasteiger partial charge < -0.3 is 41.4 Å². The monoisotopic (exact) mass is 788 g/mol. The summed E-state index contributed by atoms with van der Waals surface area (Å²) in [5, 5.41) is 11.0. The Morgan fingerprint density at radius 1 is 0.804 bits per heavy atom. The summed E-state index contributed by atoms with van der Waals surface area (Å²) in [5.74, 6) is -4.56. The number of carbonyl (C=O) groups excluding carboxylic acids is 8. The van der Waals surface area contributed by atoms with Gasteiger partial charge in [-0.05, 0) is 76.5 Å². The summed E-state index contributed by atoms with van der Waals surface area (Å²) in [7, 11) is 1.23. The lowest BCUT2D eigenvalue weighted by Crippen LogP contribution is -2.62. The van der Waals surface area contributed by atoms with Crippen LogP contribution < -0.4 is 27.0 Å². The first-order chi connectivity index (χ1) is 26.2. The Morgan fingerprint density at radius 2 is 1.38 bits per heavy atom. The van der Waals surface area contributed by atoms with Gasteiger partial charge in [-0.25, -0.2) is 9.59 Å². The van der Waals surface area contributed by atoms with E-state index in [0.717, 1.165) is 56.3 Å². The van der Waals surface area contributed by atoms with Crippen molar-refractivity contribution in [2.24, 2.45) is 23.0 Å². The molecule has 6 N–H and O–H groups in total. The number of esters is 1. The van der Waals surface area contributed by atoms with Gasteiger partial charge >= 0.3 is 12.1 Å². The number of nitrogens with two attached hydrogens (primary N) is 1. The van der Waals surface area contributed by atoms with Crippen LogP contribution in [0.1, 0.15) is 125 Å². The molecule has 3 aliphatic rings. The van der Waals surface area contributed by atoms with E-state index < -0.39 is 82.8 Å². The molecular formula is C40H64N6O10. The molecule has 2 aliphatic carbocycles. The minimum absolute atomic E-state index is 0.0266. The normalized spacial score (nSPS) is 20.7. The molecule has 16 nitrogen and oxygen atoms in total. The van der Waals surface area contributed by atoms with Gasteiger partial charge in [-0.3, -0.25) is 28.8 Å². The number of likely N-dealkylation sites (tertiary alicyclic amines) is 1. The third kappa shape index (κ3) is 13.9. The molecule has 3 rings (SSSR count). The number of Topliss-reactive ketones (excluding diaryl/α,β-unsaturated/α-hetero) is 1. The second-order valence-corrected chi connectivity index (χ2v) is 17.4. The number of hydrogen-bond acceptors (Lipinski definition) is 10. The highest BCUT2D eigenvalue weighted by Gasteiger charge is 2.46. The molecule has 6 amide bonds. The molecule has 314 valence electrons. The topological polar surface area (TPSA) is 232 Å². The van der Waals surface area contributed by atoms with Gasteiger partial charge in [0.1, 0.15) is 35.8 Å². The van der Waals surface area contributed by atoms with Crippen LogP contribution in [0, 0.1) is 17.3 Å². The SMILES string of the molecule is COC(=O)/C=C/CC[C@H](NC(=O)OC(C)(C)C)C(=O)N[C@H](C(=O)N1CC(=O)C[C@H]1C(=O)N[C@H](C(=O)N[C@H](C(N)=O)C1CCCCC1)C1CCCCC1)C(C)(C)C. The molecule has 2 saturated carbocycles. The van der Waals surface area contributed by atoms with Gasteiger partial charge in [-0.1, -0.05) is 65.4 Å². The highest BCUT2D eigenvalue weighted by atomic mass is 16.6. The number of amides is 6. The largest absolute Gasteiger partial charge is 0.466 e. The number of allylic oxidation sites excluding steroid dienone is 1. The van der Waals surface area contributed by atoms with E-state index >= 15 is 0 Å². The van der Waals surface area contributed by atoms with Crippen molar-refractivity contribution >= 4 is 47.4 Å². The predicted molar refractivity (Wildman–Crippen MR) is 206 cm³/mol. The molecule has 16 heteroatoms. The van der Waals surface area contributed by atoms with Crippen LogP contribution in [0.15, 0.2) is 12.2 Å². The van der Waals surface area contributed by atoms with E-state index in [1.54, 1.807) is 41.5 Å². The van der Waals surface area contributed by atoms with Gasteiger partial charge in [0.25, 0.3) is 0 Å². The second-order valence-electron chi connectivity index (χ2n) is 17.4. The first-order valence-electron chi connectivity index (χ1n) is 20.0. The van der Waals surface area contributed by atoms with E-state index in [0.29, 0.717) is 12.8 Å². The maximum absolute atomic E-state index is 14.4. The molecule has 5 atom stereocenters. The standard InChI is InChI=1S/C40H64N6O10/c1-39(2,3)32(45-34(50)27(20-14-15-21-29(48)55-7)42-38(54)56-40(4,5)6)37(53)46-23-26(47)22-28(46)35(51)44-31(25-18-12-9-13-19-25)36(52)43-30(33(41)49)24-16-10-8-11-17-24/h15,21,24-25,27-28,30-32H,8-14,16-20,22-23H2,1-7H3,(H2,41,49)(H,42,54)(H,43,52)(H,44,51)(H,45,50)/b21-15+/t27-,28-,30-,31-,32+/m0/s1. The molecule has 0 bridgehead atoms. The lowest BCUT2D eigenvalue weighted by atomic mass is 9.81. The molecule has 0 aromatic rings. The minimum atomic E-state index is -1.26. The van der Waals surface area contributed by atoms with Crippen molar-refractivity contribution in [3.8, 4) is 0 Å². The van der Waals surface area contributed by atoms with Crippen molar-refractivity contribution in [1.29, 1.82) is 0 Å². The molecule has 1 aliphatic heterocycles. The third-order valence-electron chi connectivity index (χ3n) is 10.6. The Hall–Kier alpha value is -4.50. The van der Waals surface area contributed by atoms with Crippen LogP contribution in [0.4, 0.5) is 4.79 Å². The molecule has 56 heavy (non-hydrogen) atoms. The molecule has 0 unspecified atom stereocenters. The maximum atomic E-state index is 14.4. The lowest BCUT2D eigenvalue weighted by Gasteiger charge is -2.37. The highest BCUT2D eigenvalue weighted by molar-refractivity contribution is 6.02. The number of ether oxygens (including phenoxy) is 2.